The number of unbranched alkanes of at least 4 members (excludes halogenated alkanes) is 7. The van der Waals surface area contributed by atoms with Gasteiger partial charge in [0, 0.05) is 12.5 Å². The Kier molecular flexibility index (Phi) is 11.4. The number of aliphatic hydroxyl groups is 4. The highest BCUT2D eigenvalue weighted by Gasteiger charge is 2.44. The molecule has 138 valence electrons. The van der Waals surface area contributed by atoms with Gasteiger partial charge in [-0.05, 0) is 12.8 Å². The second-order valence-corrected chi connectivity index (χ2v) is 6.46. The van der Waals surface area contributed by atoms with Crippen LogP contribution in [0.15, 0.2) is 0 Å². The third-order valence-corrected chi connectivity index (χ3v) is 4.45. The van der Waals surface area contributed by atoms with E-state index >= 15 is 0 Å². The second-order valence-electron chi connectivity index (χ2n) is 6.08. The summed E-state index contributed by atoms with van der Waals surface area (Å²) in [5.74, 6) is 0.743. The minimum atomic E-state index is -1.45. The van der Waals surface area contributed by atoms with Gasteiger partial charge in [0.15, 0.2) is 6.29 Å². The molecule has 0 aromatic carbocycles. The van der Waals surface area contributed by atoms with E-state index in [1.54, 1.807) is 0 Å². The fourth-order valence-corrected chi connectivity index (χ4v) is 2.93. The molecule has 1 aliphatic rings. The van der Waals surface area contributed by atoms with Crippen LogP contribution < -0.4 is 0 Å². The summed E-state index contributed by atoms with van der Waals surface area (Å²) in [7, 11) is 0. The van der Waals surface area contributed by atoms with Crippen molar-refractivity contribution in [1.82, 2.24) is 0 Å². The van der Waals surface area contributed by atoms with E-state index in [-0.39, 0.29) is 0 Å². The molecular weight excluding hydrogens is 324 g/mol. The number of hydrogen-bond donors (Lipinski definition) is 4. The van der Waals surface area contributed by atoms with Crippen LogP contribution in [0, 0.1) is 0 Å². The van der Waals surface area contributed by atoms with Crippen molar-refractivity contribution in [2.75, 3.05) is 19.1 Å². The number of hydrogen-bond acceptors (Lipinski definition) is 6. The Morgan fingerprint density at radius 2 is 1.39 bits per heavy atom. The maximum Gasteiger partial charge on any atom is 0.184 e. The molecule has 1 aliphatic heterocycles. The lowest BCUT2D eigenvalue weighted by Gasteiger charge is -2.39. The molecule has 1 saturated heterocycles. The molecule has 7 heteroatoms. The molecule has 0 saturated carbocycles. The van der Waals surface area contributed by atoms with E-state index < -0.39 is 37.3 Å². The standard InChI is InChI=1S/C16H31ClO6/c17-9-7-5-3-1-2-4-6-8-10-22-15-13(19)12(11-18)23-16(21)14(15)20/h12-16,18-21H,1-11H2/t12-,13-,14-,15+,16?/m1/s1. The highest BCUT2D eigenvalue weighted by molar-refractivity contribution is 6.17. The van der Waals surface area contributed by atoms with Gasteiger partial charge in [0.1, 0.15) is 24.4 Å². The summed E-state index contributed by atoms with van der Waals surface area (Å²) in [4.78, 5) is 0. The van der Waals surface area contributed by atoms with Gasteiger partial charge in [-0.2, -0.15) is 0 Å². The van der Waals surface area contributed by atoms with Gasteiger partial charge in [-0.25, -0.2) is 0 Å². The maximum absolute atomic E-state index is 9.97. The number of halogens is 1. The van der Waals surface area contributed by atoms with E-state index in [9.17, 15) is 15.3 Å². The molecule has 5 atom stereocenters. The molecule has 0 aromatic rings. The largest absolute Gasteiger partial charge is 0.394 e. The monoisotopic (exact) mass is 354 g/mol. The van der Waals surface area contributed by atoms with Crippen LogP contribution in [-0.4, -0.2) is 70.2 Å². The lowest BCUT2D eigenvalue weighted by Crippen LogP contribution is -2.59. The van der Waals surface area contributed by atoms with Crippen molar-refractivity contribution in [3.05, 3.63) is 0 Å². The first-order valence-corrected chi connectivity index (χ1v) is 9.13. The summed E-state index contributed by atoms with van der Waals surface area (Å²) >= 11 is 5.62. The van der Waals surface area contributed by atoms with Crippen LogP contribution in [0.3, 0.4) is 0 Å². The molecule has 1 heterocycles. The predicted octanol–water partition coefficient (Wildman–Crippen LogP) is 1.16. The number of ether oxygens (including phenoxy) is 2. The minimum Gasteiger partial charge on any atom is -0.394 e. The number of alkyl halides is 1. The van der Waals surface area contributed by atoms with Gasteiger partial charge in [-0.15, -0.1) is 11.6 Å². The third kappa shape index (κ3) is 7.65. The Balaban J connectivity index is 2.09. The summed E-state index contributed by atoms with van der Waals surface area (Å²) in [6.45, 7) is -0.0373. The average molecular weight is 355 g/mol. The van der Waals surface area contributed by atoms with Crippen molar-refractivity contribution in [1.29, 1.82) is 0 Å². The normalized spacial score (nSPS) is 31.4. The van der Waals surface area contributed by atoms with E-state index in [1.165, 1.54) is 25.7 Å². The Labute approximate surface area is 143 Å². The summed E-state index contributed by atoms with van der Waals surface area (Å²) in [5.41, 5.74) is 0. The van der Waals surface area contributed by atoms with Gasteiger partial charge < -0.3 is 29.9 Å². The van der Waals surface area contributed by atoms with Gasteiger partial charge in [-0.1, -0.05) is 38.5 Å². The predicted molar refractivity (Wildman–Crippen MR) is 87.4 cm³/mol. The molecule has 23 heavy (non-hydrogen) atoms. The molecule has 1 rings (SSSR count). The Hall–Kier alpha value is 0.0500. The van der Waals surface area contributed by atoms with Crippen LogP contribution in [0.5, 0.6) is 0 Å². The Morgan fingerprint density at radius 1 is 0.826 bits per heavy atom. The minimum absolute atomic E-state index is 0.399. The summed E-state index contributed by atoms with van der Waals surface area (Å²) in [6, 6.07) is 0. The topological polar surface area (TPSA) is 99.4 Å². The Morgan fingerprint density at radius 3 is 1.96 bits per heavy atom. The van der Waals surface area contributed by atoms with Crippen molar-refractivity contribution in [3.8, 4) is 0 Å². The van der Waals surface area contributed by atoms with Crippen molar-refractivity contribution in [3.63, 3.8) is 0 Å². The van der Waals surface area contributed by atoms with E-state index in [2.05, 4.69) is 0 Å². The molecule has 0 amide bonds. The molecule has 0 radical (unpaired) electrons. The summed E-state index contributed by atoms with van der Waals surface area (Å²) < 4.78 is 10.4. The first-order chi connectivity index (χ1) is 11.1. The fraction of sp³-hybridized carbons (Fsp3) is 1.00. The van der Waals surface area contributed by atoms with Crippen LogP contribution >= 0.6 is 11.6 Å². The molecule has 0 spiro atoms. The van der Waals surface area contributed by atoms with Crippen LogP contribution in [0.1, 0.15) is 51.4 Å². The molecule has 0 aromatic heterocycles. The lowest BCUT2D eigenvalue weighted by molar-refractivity contribution is -0.294. The number of aliphatic hydroxyl groups excluding tert-OH is 4. The van der Waals surface area contributed by atoms with E-state index in [1.807, 2.05) is 0 Å². The first kappa shape index (κ1) is 21.1. The van der Waals surface area contributed by atoms with Crippen LogP contribution in [0.25, 0.3) is 0 Å². The lowest BCUT2D eigenvalue weighted by atomic mass is 9.99. The first-order valence-electron chi connectivity index (χ1n) is 8.60. The van der Waals surface area contributed by atoms with Gasteiger partial charge in [0.2, 0.25) is 0 Å². The third-order valence-electron chi connectivity index (χ3n) is 4.18. The summed E-state index contributed by atoms with van der Waals surface area (Å²) in [6.07, 6.45) is 3.12. The smallest absolute Gasteiger partial charge is 0.184 e. The zero-order valence-corrected chi connectivity index (χ0v) is 14.4. The van der Waals surface area contributed by atoms with Crippen molar-refractivity contribution < 1.29 is 29.9 Å². The molecule has 1 unspecified atom stereocenters. The van der Waals surface area contributed by atoms with Crippen molar-refractivity contribution in [2.45, 2.75) is 82.1 Å². The highest BCUT2D eigenvalue weighted by Crippen LogP contribution is 2.22. The van der Waals surface area contributed by atoms with E-state index in [0.29, 0.717) is 6.61 Å². The van der Waals surface area contributed by atoms with E-state index in [0.717, 1.165) is 31.6 Å². The highest BCUT2D eigenvalue weighted by atomic mass is 35.5. The van der Waals surface area contributed by atoms with Gasteiger partial charge in [0.05, 0.1) is 6.61 Å². The van der Waals surface area contributed by atoms with Crippen molar-refractivity contribution >= 4 is 11.6 Å². The summed E-state index contributed by atoms with van der Waals surface area (Å²) in [5, 5.41) is 38.4. The molecule has 6 nitrogen and oxygen atoms in total. The average Bonchev–Trinajstić information content (AvgIpc) is 2.55. The van der Waals surface area contributed by atoms with Crippen LogP contribution in [0.4, 0.5) is 0 Å². The molecule has 0 bridgehead atoms. The second kappa shape index (κ2) is 12.4. The molecule has 1 fully saturated rings. The molecular formula is C16H31ClO6. The molecule has 4 N–H and O–H groups in total. The van der Waals surface area contributed by atoms with Crippen molar-refractivity contribution in [2.24, 2.45) is 0 Å². The van der Waals surface area contributed by atoms with Crippen LogP contribution in [-0.2, 0) is 9.47 Å². The quantitative estimate of drug-likeness (QED) is 0.310. The van der Waals surface area contributed by atoms with Gasteiger partial charge in [0.25, 0.3) is 0 Å². The molecule has 0 aliphatic carbocycles. The Bertz CT molecular complexity index is 294. The SMILES string of the molecule is OC[C@H]1OC(O)[C@H](O)[C@@H](OCCCCCCCCCCCl)[C@@H]1O. The van der Waals surface area contributed by atoms with E-state index in [4.69, 9.17) is 26.2 Å². The zero-order chi connectivity index (χ0) is 17.1. The van der Waals surface area contributed by atoms with Gasteiger partial charge >= 0.3 is 0 Å². The maximum atomic E-state index is 9.97. The van der Waals surface area contributed by atoms with Crippen LogP contribution in [0.2, 0.25) is 0 Å². The zero-order valence-electron chi connectivity index (χ0n) is 13.6. The fourth-order valence-electron chi connectivity index (χ4n) is 2.74. The van der Waals surface area contributed by atoms with Gasteiger partial charge in [-0.3, -0.25) is 0 Å². The number of rotatable bonds is 12.